The Morgan fingerprint density at radius 1 is 1.28 bits per heavy atom. The molecule has 1 aromatic carbocycles. The first-order valence-corrected chi connectivity index (χ1v) is 11.3. The van der Waals surface area contributed by atoms with Crippen molar-refractivity contribution in [2.75, 3.05) is 13.1 Å². The highest BCUT2D eigenvalue weighted by molar-refractivity contribution is 6.30. The Kier molecular flexibility index (Phi) is 5.94. The minimum atomic E-state index is -1.07. The number of rotatable bonds is 4. The molecule has 2 bridgehead atoms. The maximum absolute atomic E-state index is 12.5. The highest BCUT2D eigenvalue weighted by Gasteiger charge is 2.39. The third-order valence-corrected chi connectivity index (χ3v) is 6.20. The first kappa shape index (κ1) is 22.6. The number of ether oxygens (including phenoxy) is 1. The van der Waals surface area contributed by atoms with E-state index in [2.05, 4.69) is 10.2 Å². The number of aliphatic carboxylic acids is 1. The van der Waals surface area contributed by atoms with Crippen molar-refractivity contribution in [3.63, 3.8) is 0 Å². The van der Waals surface area contributed by atoms with Crippen LogP contribution in [0.25, 0.3) is 5.57 Å². The fourth-order valence-electron chi connectivity index (χ4n) is 4.70. The van der Waals surface area contributed by atoms with Gasteiger partial charge in [-0.2, -0.15) is 0 Å². The molecule has 2 heterocycles. The molecule has 0 aromatic heterocycles. The smallest absolute Gasteiger partial charge is 0.333 e. The van der Waals surface area contributed by atoms with Crippen LogP contribution >= 0.6 is 11.6 Å². The van der Waals surface area contributed by atoms with Crippen LogP contribution in [-0.2, 0) is 9.53 Å². The molecule has 32 heavy (non-hydrogen) atoms. The number of fused-ring (bicyclic) bond motifs is 1. The van der Waals surface area contributed by atoms with Gasteiger partial charge in [-0.3, -0.25) is 0 Å². The predicted octanol–water partition coefficient (Wildman–Crippen LogP) is 4.83. The second-order valence-corrected chi connectivity index (χ2v) is 9.90. The molecule has 7 heteroatoms. The van der Waals surface area contributed by atoms with Crippen molar-refractivity contribution in [2.24, 2.45) is 10.9 Å². The van der Waals surface area contributed by atoms with E-state index < -0.39 is 23.6 Å². The number of carboxylic acids is 1. The van der Waals surface area contributed by atoms with Crippen molar-refractivity contribution >= 4 is 29.0 Å². The number of amidine groups is 1. The van der Waals surface area contributed by atoms with E-state index in [9.17, 15) is 9.90 Å². The highest BCUT2D eigenvalue weighted by atomic mass is 35.5. The second-order valence-electron chi connectivity index (χ2n) is 9.47. The van der Waals surface area contributed by atoms with Gasteiger partial charge in [-0.1, -0.05) is 29.8 Å². The molecule has 4 rings (SSSR count). The monoisotopic (exact) mass is 455 g/mol. The number of hydrogen-bond donors (Lipinski definition) is 2. The number of halogens is 1. The summed E-state index contributed by atoms with van der Waals surface area (Å²) in [6.07, 6.45) is 1.58. The van der Waals surface area contributed by atoms with Crippen LogP contribution < -0.4 is 5.32 Å². The number of aliphatic imine (C=N–C) groups is 1. The Morgan fingerprint density at radius 3 is 2.59 bits per heavy atom. The number of carboxylic acid groups (broad SMARTS) is 1. The predicted molar refractivity (Wildman–Crippen MR) is 127 cm³/mol. The molecule has 6 nitrogen and oxygen atoms in total. The van der Waals surface area contributed by atoms with Crippen LogP contribution in [0.2, 0.25) is 5.02 Å². The third kappa shape index (κ3) is 4.34. The zero-order chi connectivity index (χ0) is 23.2. The van der Waals surface area contributed by atoms with E-state index in [1.807, 2.05) is 65.0 Å². The van der Waals surface area contributed by atoms with Gasteiger partial charge in [-0.15, -0.1) is 0 Å². The molecule has 2 aliphatic heterocycles. The molecular weight excluding hydrogens is 426 g/mol. The van der Waals surface area contributed by atoms with Crippen LogP contribution in [0.3, 0.4) is 0 Å². The molecule has 2 N–H and O–H groups in total. The van der Waals surface area contributed by atoms with E-state index in [1.165, 1.54) is 5.70 Å². The van der Waals surface area contributed by atoms with Gasteiger partial charge in [0.05, 0.1) is 17.0 Å². The Balaban J connectivity index is 1.99. The van der Waals surface area contributed by atoms with E-state index in [4.69, 9.17) is 21.3 Å². The molecule has 0 spiro atoms. The Labute approximate surface area is 194 Å². The summed E-state index contributed by atoms with van der Waals surface area (Å²) in [7, 11) is 0. The van der Waals surface area contributed by atoms with E-state index in [0.717, 1.165) is 47.0 Å². The number of hydrogen-bond acceptors (Lipinski definition) is 5. The van der Waals surface area contributed by atoms with Gasteiger partial charge in [0.15, 0.2) is 6.10 Å². The summed E-state index contributed by atoms with van der Waals surface area (Å²) in [5, 5.41) is 14.4. The van der Waals surface area contributed by atoms with Gasteiger partial charge in [0.25, 0.3) is 0 Å². The normalized spacial score (nSPS) is 24.2. The van der Waals surface area contributed by atoms with Gasteiger partial charge < -0.3 is 20.1 Å². The van der Waals surface area contributed by atoms with Gasteiger partial charge in [-0.25, -0.2) is 9.79 Å². The van der Waals surface area contributed by atoms with Gasteiger partial charge in [-0.05, 0) is 63.5 Å². The maximum Gasteiger partial charge on any atom is 0.333 e. The van der Waals surface area contributed by atoms with Crippen molar-refractivity contribution in [1.82, 2.24) is 10.2 Å². The average Bonchev–Trinajstić information content (AvgIpc) is 2.71. The van der Waals surface area contributed by atoms with E-state index in [-0.39, 0.29) is 0 Å². The van der Waals surface area contributed by atoms with Crippen LogP contribution in [0.1, 0.15) is 46.6 Å². The van der Waals surface area contributed by atoms with Gasteiger partial charge in [0.1, 0.15) is 5.84 Å². The van der Waals surface area contributed by atoms with Gasteiger partial charge in [0.2, 0.25) is 0 Å². The SMILES string of the molecule is CC1=CC(C(OC(C)(C)C)C(=O)O)/C(c2ccc(Cl)cc2)=C2\CC3=C1NCCN3C(C)=N2. The van der Waals surface area contributed by atoms with Crippen LogP contribution in [0, 0.1) is 5.92 Å². The summed E-state index contributed by atoms with van der Waals surface area (Å²) >= 11 is 6.16. The average molecular weight is 456 g/mol. The van der Waals surface area contributed by atoms with Crippen molar-refractivity contribution in [1.29, 1.82) is 0 Å². The van der Waals surface area contributed by atoms with Crippen molar-refractivity contribution < 1.29 is 14.6 Å². The fourth-order valence-corrected chi connectivity index (χ4v) is 4.82. The summed E-state index contributed by atoms with van der Waals surface area (Å²) in [5.41, 5.74) is 5.27. The quantitative estimate of drug-likeness (QED) is 0.679. The number of allylic oxidation sites excluding steroid dienone is 1. The highest BCUT2D eigenvalue weighted by Crippen LogP contribution is 2.42. The number of benzene rings is 1. The standard InChI is InChI=1S/C25H30ClN3O3/c1-14-12-18(23(24(30)31)32-25(3,4)5)21(16-6-8-17(26)9-7-16)19-13-20-22(14)27-10-11-29(20)15(2)28-19/h6-9,12,18,23,27H,10-11,13H2,1-5H3,(H,30,31)/b14-12?,21-19+. The van der Waals surface area contributed by atoms with E-state index in [1.54, 1.807) is 0 Å². The number of carbonyl (C=O) groups is 1. The zero-order valence-corrected chi connectivity index (χ0v) is 20.0. The van der Waals surface area contributed by atoms with Crippen LogP contribution in [0.4, 0.5) is 0 Å². The molecule has 1 aliphatic carbocycles. The van der Waals surface area contributed by atoms with E-state index in [0.29, 0.717) is 11.4 Å². The van der Waals surface area contributed by atoms with Crippen LogP contribution in [0.15, 0.2) is 58.0 Å². The summed E-state index contributed by atoms with van der Waals surface area (Å²) < 4.78 is 6.13. The topological polar surface area (TPSA) is 74.2 Å². The minimum Gasteiger partial charge on any atom is -0.479 e. The molecule has 0 amide bonds. The molecule has 3 aliphatic rings. The molecule has 1 aromatic rings. The molecule has 2 unspecified atom stereocenters. The van der Waals surface area contributed by atoms with Crippen molar-refractivity contribution in [3.05, 3.63) is 63.6 Å². The maximum atomic E-state index is 12.5. The summed E-state index contributed by atoms with van der Waals surface area (Å²) in [5.74, 6) is -0.599. The molecular formula is C25H30ClN3O3. The van der Waals surface area contributed by atoms with Crippen molar-refractivity contribution in [2.45, 2.75) is 52.7 Å². The molecule has 2 atom stereocenters. The lowest BCUT2D eigenvalue weighted by atomic mass is 9.81. The van der Waals surface area contributed by atoms with Crippen LogP contribution in [0.5, 0.6) is 0 Å². The summed E-state index contributed by atoms with van der Waals surface area (Å²) in [6.45, 7) is 11.3. The molecule has 0 fully saturated rings. The summed E-state index contributed by atoms with van der Waals surface area (Å²) in [6, 6.07) is 7.53. The third-order valence-electron chi connectivity index (χ3n) is 5.95. The molecule has 0 saturated carbocycles. The Hall–Kier alpha value is -2.57. The lowest BCUT2D eigenvalue weighted by molar-refractivity contribution is -0.162. The van der Waals surface area contributed by atoms with Gasteiger partial charge in [0, 0.05) is 36.1 Å². The molecule has 0 radical (unpaired) electrons. The Bertz CT molecular complexity index is 1060. The minimum absolute atomic E-state index is 0.524. The van der Waals surface area contributed by atoms with Crippen molar-refractivity contribution in [3.8, 4) is 0 Å². The second kappa shape index (κ2) is 8.41. The summed E-state index contributed by atoms with van der Waals surface area (Å²) in [4.78, 5) is 19.7. The fraction of sp³-hybridized carbons (Fsp3) is 0.440. The first-order valence-electron chi connectivity index (χ1n) is 10.9. The zero-order valence-electron chi connectivity index (χ0n) is 19.2. The number of nitrogens with one attached hydrogen (secondary N) is 1. The first-order chi connectivity index (χ1) is 15.0. The molecule has 170 valence electrons. The van der Waals surface area contributed by atoms with Gasteiger partial charge >= 0.3 is 5.97 Å². The van der Waals surface area contributed by atoms with E-state index >= 15 is 0 Å². The largest absolute Gasteiger partial charge is 0.479 e. The molecule has 0 saturated heterocycles. The Morgan fingerprint density at radius 2 is 1.97 bits per heavy atom. The number of nitrogens with zero attached hydrogens (tertiary/aromatic N) is 2. The van der Waals surface area contributed by atoms with Crippen LogP contribution in [-0.4, -0.2) is 46.6 Å². The lowest BCUT2D eigenvalue weighted by Gasteiger charge is -2.41. The lowest BCUT2D eigenvalue weighted by Crippen LogP contribution is -2.45.